The number of hydrogen-bond acceptors (Lipinski definition) is 5. The average molecular weight is 429 g/mol. The van der Waals surface area contributed by atoms with Gasteiger partial charge < -0.3 is 10.1 Å². The van der Waals surface area contributed by atoms with Crippen molar-refractivity contribution in [3.8, 4) is 0 Å². The summed E-state index contributed by atoms with van der Waals surface area (Å²) in [4.78, 5) is 51.3. The first-order valence-corrected chi connectivity index (χ1v) is 9.78. The maximum Gasteiger partial charge on any atom is 0.330 e. The maximum atomic E-state index is 12.7. The largest absolute Gasteiger partial charge is 0.454 e. The first-order valence-electron chi connectivity index (χ1n) is 9.40. The highest BCUT2D eigenvalue weighted by Crippen LogP contribution is 2.27. The molecule has 0 fully saturated rings. The van der Waals surface area contributed by atoms with Gasteiger partial charge in [-0.05, 0) is 48.7 Å². The molecule has 8 heteroatoms. The van der Waals surface area contributed by atoms with E-state index >= 15 is 0 Å². The molecule has 1 atom stereocenters. The van der Waals surface area contributed by atoms with Gasteiger partial charge in [0, 0.05) is 10.7 Å². The van der Waals surface area contributed by atoms with Gasteiger partial charge in [0.25, 0.3) is 17.7 Å². The Morgan fingerprint density at radius 3 is 2.20 bits per heavy atom. The van der Waals surface area contributed by atoms with Crippen molar-refractivity contribution in [3.63, 3.8) is 0 Å². The molecule has 7 nitrogen and oxygen atoms in total. The molecule has 1 aliphatic heterocycles. The van der Waals surface area contributed by atoms with Crippen LogP contribution >= 0.6 is 11.6 Å². The van der Waals surface area contributed by atoms with E-state index in [9.17, 15) is 19.2 Å². The molecule has 3 amide bonds. The molecule has 3 rings (SSSR count). The van der Waals surface area contributed by atoms with E-state index < -0.39 is 42.3 Å². The third-order valence-electron chi connectivity index (χ3n) is 4.78. The summed E-state index contributed by atoms with van der Waals surface area (Å²) in [5.41, 5.74) is 1.79. The molecule has 0 radical (unpaired) electrons. The third-order valence-corrected chi connectivity index (χ3v) is 5.02. The normalized spacial score (nSPS) is 14.0. The lowest BCUT2D eigenvalue weighted by atomic mass is 10.0. The molecule has 0 saturated heterocycles. The zero-order valence-corrected chi connectivity index (χ0v) is 17.5. The van der Waals surface area contributed by atoms with Crippen molar-refractivity contribution in [1.82, 2.24) is 4.90 Å². The van der Waals surface area contributed by atoms with Gasteiger partial charge in [-0.1, -0.05) is 37.6 Å². The molecule has 0 bridgehead atoms. The fourth-order valence-electron chi connectivity index (χ4n) is 3.31. The van der Waals surface area contributed by atoms with Crippen molar-refractivity contribution in [2.75, 3.05) is 11.9 Å². The van der Waals surface area contributed by atoms with Crippen LogP contribution in [0.4, 0.5) is 5.69 Å². The summed E-state index contributed by atoms with van der Waals surface area (Å²) in [6.45, 7) is 4.64. The molecule has 1 N–H and O–H groups in total. The average Bonchev–Trinajstić information content (AvgIpc) is 2.94. The molecule has 0 unspecified atom stereocenters. The number of carbonyl (C=O) groups is 4. The van der Waals surface area contributed by atoms with E-state index in [0.717, 1.165) is 10.5 Å². The number of fused-ring (bicyclic) bond motifs is 1. The van der Waals surface area contributed by atoms with E-state index in [4.69, 9.17) is 16.3 Å². The zero-order valence-electron chi connectivity index (χ0n) is 16.8. The Labute approximate surface area is 179 Å². The molecule has 1 aliphatic rings. The molecule has 2 aromatic carbocycles. The lowest BCUT2D eigenvalue weighted by Crippen LogP contribution is -2.49. The minimum absolute atomic E-state index is 0.247. The van der Waals surface area contributed by atoms with E-state index in [1.54, 1.807) is 63.2 Å². The number of rotatable bonds is 6. The van der Waals surface area contributed by atoms with Crippen molar-refractivity contribution in [3.05, 3.63) is 64.2 Å². The molecule has 2 aromatic rings. The molecule has 30 heavy (non-hydrogen) atoms. The summed E-state index contributed by atoms with van der Waals surface area (Å²) < 4.78 is 5.15. The highest BCUT2D eigenvalue weighted by molar-refractivity contribution is 6.30. The number of imide groups is 1. The number of halogens is 1. The minimum Gasteiger partial charge on any atom is -0.454 e. The molecule has 0 aliphatic carbocycles. The summed E-state index contributed by atoms with van der Waals surface area (Å²) in [5.74, 6) is -2.86. The Morgan fingerprint density at radius 2 is 1.67 bits per heavy atom. The van der Waals surface area contributed by atoms with Crippen LogP contribution in [0.5, 0.6) is 0 Å². The summed E-state index contributed by atoms with van der Waals surface area (Å²) in [6, 6.07) is 10.2. The van der Waals surface area contributed by atoms with Gasteiger partial charge in [-0.2, -0.15) is 0 Å². The number of anilines is 1. The van der Waals surface area contributed by atoms with E-state index in [0.29, 0.717) is 10.7 Å². The van der Waals surface area contributed by atoms with Crippen LogP contribution < -0.4 is 5.32 Å². The summed E-state index contributed by atoms with van der Waals surface area (Å²) in [6.07, 6.45) is 0. The zero-order chi connectivity index (χ0) is 22.0. The summed E-state index contributed by atoms with van der Waals surface area (Å²) >= 11 is 5.90. The van der Waals surface area contributed by atoms with Crippen LogP contribution in [-0.4, -0.2) is 41.2 Å². The lowest BCUT2D eigenvalue weighted by Gasteiger charge is -2.27. The second-order valence-electron chi connectivity index (χ2n) is 7.33. The van der Waals surface area contributed by atoms with E-state index in [1.165, 1.54) is 0 Å². The van der Waals surface area contributed by atoms with Crippen molar-refractivity contribution in [2.45, 2.75) is 26.8 Å². The van der Waals surface area contributed by atoms with Crippen molar-refractivity contribution in [1.29, 1.82) is 0 Å². The number of benzene rings is 2. The predicted molar refractivity (Wildman–Crippen MR) is 111 cm³/mol. The SMILES string of the molecule is Cc1cc(Cl)ccc1NC(=O)COC(=O)[C@H](C(C)C)N1C(=O)c2ccccc2C1=O. The number of aryl methyl sites for hydroxylation is 1. The second-order valence-corrected chi connectivity index (χ2v) is 7.77. The predicted octanol–water partition coefficient (Wildman–Crippen LogP) is 3.45. The lowest BCUT2D eigenvalue weighted by molar-refractivity contribution is -0.152. The number of esters is 1. The number of nitrogens with zero attached hydrogens (tertiary/aromatic N) is 1. The Bertz CT molecular complexity index is 999. The minimum atomic E-state index is -1.14. The highest BCUT2D eigenvalue weighted by Gasteiger charge is 2.44. The monoisotopic (exact) mass is 428 g/mol. The molecule has 156 valence electrons. The topological polar surface area (TPSA) is 92.8 Å². The second kappa shape index (κ2) is 8.67. The number of hydrogen-bond donors (Lipinski definition) is 1. The standard InChI is InChI=1S/C22H21ClN2O5/c1-12(2)19(25-20(27)15-6-4-5-7-16(15)21(25)28)22(29)30-11-18(26)24-17-9-8-14(23)10-13(17)3/h4-10,12,19H,11H2,1-3H3,(H,24,26)/t19-/m0/s1. The van der Waals surface area contributed by atoms with Crippen LogP contribution in [0.2, 0.25) is 5.02 Å². The van der Waals surface area contributed by atoms with Crippen molar-refractivity contribution >= 4 is 41.0 Å². The van der Waals surface area contributed by atoms with Crippen LogP contribution in [-0.2, 0) is 14.3 Å². The quantitative estimate of drug-likeness (QED) is 0.562. The first kappa shape index (κ1) is 21.5. The van der Waals surface area contributed by atoms with Crippen LogP contribution in [0.1, 0.15) is 40.1 Å². The van der Waals surface area contributed by atoms with Crippen molar-refractivity contribution < 1.29 is 23.9 Å². The van der Waals surface area contributed by atoms with Gasteiger partial charge in [-0.15, -0.1) is 0 Å². The fraction of sp³-hybridized carbons (Fsp3) is 0.273. The van der Waals surface area contributed by atoms with Gasteiger partial charge in [0.15, 0.2) is 6.61 Å². The van der Waals surface area contributed by atoms with Gasteiger partial charge in [0.2, 0.25) is 0 Å². The van der Waals surface area contributed by atoms with Gasteiger partial charge in [-0.25, -0.2) is 4.79 Å². The summed E-state index contributed by atoms with van der Waals surface area (Å²) in [5, 5.41) is 3.18. The Morgan fingerprint density at radius 1 is 1.07 bits per heavy atom. The van der Waals surface area contributed by atoms with E-state index in [-0.39, 0.29) is 11.1 Å². The molecule has 1 heterocycles. The van der Waals surface area contributed by atoms with Gasteiger partial charge in [-0.3, -0.25) is 19.3 Å². The Hall–Kier alpha value is -3.19. The van der Waals surface area contributed by atoms with Crippen molar-refractivity contribution in [2.24, 2.45) is 5.92 Å². The van der Waals surface area contributed by atoms with Crippen LogP contribution in [0.15, 0.2) is 42.5 Å². The Balaban J connectivity index is 1.69. The molecule has 0 aromatic heterocycles. The number of carbonyl (C=O) groups excluding carboxylic acids is 4. The van der Waals surface area contributed by atoms with Gasteiger partial charge in [0.05, 0.1) is 11.1 Å². The number of ether oxygens (including phenoxy) is 1. The molecule has 0 spiro atoms. The molecular weight excluding hydrogens is 408 g/mol. The van der Waals surface area contributed by atoms with Crippen LogP contribution in [0, 0.1) is 12.8 Å². The first-order chi connectivity index (χ1) is 14.2. The van der Waals surface area contributed by atoms with E-state index in [2.05, 4.69) is 5.32 Å². The maximum absolute atomic E-state index is 12.7. The fourth-order valence-corrected chi connectivity index (χ4v) is 3.54. The van der Waals surface area contributed by atoms with Gasteiger partial charge >= 0.3 is 5.97 Å². The Kier molecular flexibility index (Phi) is 6.22. The third kappa shape index (κ3) is 4.21. The van der Waals surface area contributed by atoms with Crippen LogP contribution in [0.25, 0.3) is 0 Å². The smallest absolute Gasteiger partial charge is 0.330 e. The number of amides is 3. The molecule has 0 saturated carbocycles. The highest BCUT2D eigenvalue weighted by atomic mass is 35.5. The summed E-state index contributed by atoms with van der Waals surface area (Å²) in [7, 11) is 0. The van der Waals surface area contributed by atoms with E-state index in [1.807, 2.05) is 0 Å². The van der Waals surface area contributed by atoms with Crippen LogP contribution in [0.3, 0.4) is 0 Å². The number of nitrogens with one attached hydrogen (secondary N) is 1. The molecular formula is C22H21ClN2O5. The van der Waals surface area contributed by atoms with Gasteiger partial charge in [0.1, 0.15) is 6.04 Å².